The van der Waals surface area contributed by atoms with E-state index in [4.69, 9.17) is 4.74 Å². The highest BCUT2D eigenvalue weighted by molar-refractivity contribution is 6.12. The third kappa shape index (κ3) is 4.27. The van der Waals surface area contributed by atoms with Crippen molar-refractivity contribution in [2.75, 3.05) is 7.11 Å². The zero-order valence-electron chi connectivity index (χ0n) is 15.4. The van der Waals surface area contributed by atoms with Crippen molar-refractivity contribution in [2.24, 2.45) is 0 Å². The average molecular weight is 376 g/mol. The first-order chi connectivity index (χ1) is 13.6. The Morgan fingerprint density at radius 2 is 1.54 bits per heavy atom. The third-order valence-electron chi connectivity index (χ3n) is 4.32. The molecule has 3 aromatic carbocycles. The van der Waals surface area contributed by atoms with Crippen LogP contribution in [0.25, 0.3) is 0 Å². The second kappa shape index (κ2) is 8.97. The highest BCUT2D eigenvalue weighted by Gasteiger charge is 2.19. The molecule has 3 rings (SSSR count). The van der Waals surface area contributed by atoms with Crippen molar-refractivity contribution >= 4 is 11.8 Å². The Balaban J connectivity index is 1.90. The van der Waals surface area contributed by atoms with Crippen molar-refractivity contribution < 1.29 is 24.2 Å². The predicted octanol–water partition coefficient (Wildman–Crippen LogP) is 3.78. The molecule has 0 aliphatic heterocycles. The number of hydrogen-bond donors (Lipinski definition) is 1. The van der Waals surface area contributed by atoms with E-state index >= 15 is 0 Å². The molecular weight excluding hydrogens is 356 g/mol. The van der Waals surface area contributed by atoms with Crippen LogP contribution in [0.2, 0.25) is 0 Å². The molecule has 1 N–H and O–H groups in total. The SMILES string of the molecule is COC(=O)c1ccc(C(=O)c2c(CO)cccc2OCc2ccccc2)cc1. The van der Waals surface area contributed by atoms with Crippen molar-refractivity contribution in [1.82, 2.24) is 0 Å². The maximum absolute atomic E-state index is 13.1. The number of methoxy groups -OCH3 is 1. The number of carbonyl (C=O) groups excluding carboxylic acids is 2. The second-order valence-electron chi connectivity index (χ2n) is 6.12. The number of aliphatic hydroxyl groups is 1. The van der Waals surface area contributed by atoms with Gasteiger partial charge in [-0.15, -0.1) is 0 Å². The maximum atomic E-state index is 13.1. The van der Waals surface area contributed by atoms with Crippen LogP contribution in [0.4, 0.5) is 0 Å². The lowest BCUT2D eigenvalue weighted by molar-refractivity contribution is 0.0600. The Hall–Kier alpha value is -3.44. The minimum atomic E-state index is -0.471. The maximum Gasteiger partial charge on any atom is 0.337 e. The number of ketones is 1. The standard InChI is InChI=1S/C23H20O5/c1-27-23(26)18-12-10-17(11-13-18)22(25)21-19(14-24)8-5-9-20(21)28-15-16-6-3-2-4-7-16/h2-13,24H,14-15H2,1H3. The fraction of sp³-hybridized carbons (Fsp3) is 0.130. The molecule has 142 valence electrons. The van der Waals surface area contributed by atoms with E-state index in [1.807, 2.05) is 30.3 Å². The van der Waals surface area contributed by atoms with Crippen molar-refractivity contribution in [3.8, 4) is 5.75 Å². The van der Waals surface area contributed by atoms with Crippen LogP contribution in [0.3, 0.4) is 0 Å². The smallest absolute Gasteiger partial charge is 0.337 e. The quantitative estimate of drug-likeness (QED) is 0.502. The molecule has 0 atom stereocenters. The molecule has 0 aromatic heterocycles. The molecular formula is C23H20O5. The van der Waals surface area contributed by atoms with Crippen LogP contribution < -0.4 is 4.74 Å². The Morgan fingerprint density at radius 1 is 0.857 bits per heavy atom. The summed E-state index contributed by atoms with van der Waals surface area (Å²) in [5.41, 5.74) is 2.50. The van der Waals surface area contributed by atoms with Crippen molar-refractivity contribution in [3.05, 3.63) is 101 Å². The van der Waals surface area contributed by atoms with Crippen LogP contribution in [0.1, 0.15) is 37.4 Å². The van der Waals surface area contributed by atoms with E-state index in [0.29, 0.717) is 34.6 Å². The first-order valence-electron chi connectivity index (χ1n) is 8.76. The first kappa shape index (κ1) is 19.3. The van der Waals surface area contributed by atoms with Gasteiger partial charge in [0.1, 0.15) is 12.4 Å². The lowest BCUT2D eigenvalue weighted by atomic mass is 9.97. The molecule has 0 radical (unpaired) electrons. The minimum Gasteiger partial charge on any atom is -0.488 e. The van der Waals surface area contributed by atoms with Crippen LogP contribution in [0.5, 0.6) is 5.75 Å². The largest absolute Gasteiger partial charge is 0.488 e. The van der Waals surface area contributed by atoms with Gasteiger partial charge in [-0.2, -0.15) is 0 Å². The molecule has 3 aromatic rings. The number of ether oxygens (including phenoxy) is 2. The zero-order chi connectivity index (χ0) is 19.9. The van der Waals surface area contributed by atoms with Crippen LogP contribution >= 0.6 is 0 Å². The summed E-state index contributed by atoms with van der Waals surface area (Å²) in [5.74, 6) is -0.358. The molecule has 0 fully saturated rings. The molecule has 0 saturated carbocycles. The molecule has 0 saturated heterocycles. The van der Waals surface area contributed by atoms with E-state index in [9.17, 15) is 14.7 Å². The van der Waals surface area contributed by atoms with E-state index in [1.54, 1.807) is 30.3 Å². The van der Waals surface area contributed by atoms with Gasteiger partial charge in [0.15, 0.2) is 5.78 Å². The first-order valence-corrected chi connectivity index (χ1v) is 8.76. The Bertz CT molecular complexity index is 962. The number of benzene rings is 3. The van der Waals surface area contributed by atoms with Gasteiger partial charge in [0.2, 0.25) is 0 Å². The van der Waals surface area contributed by atoms with Crippen molar-refractivity contribution in [1.29, 1.82) is 0 Å². The molecule has 0 spiro atoms. The van der Waals surface area contributed by atoms with Gasteiger partial charge in [0, 0.05) is 5.56 Å². The number of aliphatic hydroxyl groups excluding tert-OH is 1. The molecule has 5 heteroatoms. The van der Waals surface area contributed by atoms with Gasteiger partial charge in [-0.25, -0.2) is 4.79 Å². The number of carbonyl (C=O) groups is 2. The average Bonchev–Trinajstić information content (AvgIpc) is 2.77. The molecule has 0 aliphatic carbocycles. The second-order valence-corrected chi connectivity index (χ2v) is 6.12. The van der Waals surface area contributed by atoms with Gasteiger partial charge in [0.05, 0.1) is 24.8 Å². The summed E-state index contributed by atoms with van der Waals surface area (Å²) >= 11 is 0. The van der Waals surface area contributed by atoms with Crippen LogP contribution in [-0.2, 0) is 18.0 Å². The van der Waals surface area contributed by atoms with E-state index in [0.717, 1.165) is 5.56 Å². The summed E-state index contributed by atoms with van der Waals surface area (Å²) < 4.78 is 10.6. The van der Waals surface area contributed by atoms with Gasteiger partial charge in [-0.3, -0.25) is 4.79 Å². The van der Waals surface area contributed by atoms with Crippen LogP contribution in [0.15, 0.2) is 72.8 Å². The molecule has 0 heterocycles. The minimum absolute atomic E-state index is 0.288. The zero-order valence-corrected chi connectivity index (χ0v) is 15.4. The summed E-state index contributed by atoms with van der Waals surface area (Å²) in [5, 5.41) is 9.70. The van der Waals surface area contributed by atoms with Gasteiger partial charge in [-0.05, 0) is 29.3 Å². The molecule has 28 heavy (non-hydrogen) atoms. The predicted molar refractivity (Wildman–Crippen MR) is 104 cm³/mol. The lowest BCUT2D eigenvalue weighted by Crippen LogP contribution is -2.10. The van der Waals surface area contributed by atoms with E-state index < -0.39 is 5.97 Å². The Kier molecular flexibility index (Phi) is 6.19. The van der Waals surface area contributed by atoms with Crippen LogP contribution in [-0.4, -0.2) is 24.0 Å². The van der Waals surface area contributed by atoms with Gasteiger partial charge < -0.3 is 14.6 Å². The highest BCUT2D eigenvalue weighted by Crippen LogP contribution is 2.27. The third-order valence-corrected chi connectivity index (χ3v) is 4.32. The Labute approximate surface area is 163 Å². The highest BCUT2D eigenvalue weighted by atomic mass is 16.5. The number of rotatable bonds is 7. The van der Waals surface area contributed by atoms with Crippen molar-refractivity contribution in [3.63, 3.8) is 0 Å². The molecule has 0 bridgehead atoms. The van der Waals surface area contributed by atoms with Gasteiger partial charge in [-0.1, -0.05) is 54.6 Å². The topological polar surface area (TPSA) is 72.8 Å². The molecule has 0 unspecified atom stereocenters. The van der Waals surface area contributed by atoms with Crippen LogP contribution in [0, 0.1) is 0 Å². The molecule has 0 amide bonds. The normalized spacial score (nSPS) is 10.4. The lowest BCUT2D eigenvalue weighted by Gasteiger charge is -2.14. The number of hydrogen-bond acceptors (Lipinski definition) is 5. The summed E-state index contributed by atoms with van der Waals surface area (Å²) in [6.07, 6.45) is 0. The van der Waals surface area contributed by atoms with E-state index in [2.05, 4.69) is 4.74 Å². The summed E-state index contributed by atoms with van der Waals surface area (Å²) in [4.78, 5) is 24.7. The van der Waals surface area contributed by atoms with Crippen molar-refractivity contribution in [2.45, 2.75) is 13.2 Å². The molecule has 0 aliphatic rings. The van der Waals surface area contributed by atoms with E-state index in [1.165, 1.54) is 19.2 Å². The summed E-state index contributed by atoms with van der Waals surface area (Å²) in [7, 11) is 1.30. The summed E-state index contributed by atoms with van der Waals surface area (Å²) in [6, 6.07) is 20.9. The number of esters is 1. The monoisotopic (exact) mass is 376 g/mol. The van der Waals surface area contributed by atoms with Gasteiger partial charge >= 0.3 is 5.97 Å². The molecule has 5 nitrogen and oxygen atoms in total. The van der Waals surface area contributed by atoms with Gasteiger partial charge in [0.25, 0.3) is 0 Å². The fourth-order valence-corrected chi connectivity index (χ4v) is 2.84. The Morgan fingerprint density at radius 3 is 2.18 bits per heavy atom. The van der Waals surface area contributed by atoms with E-state index in [-0.39, 0.29) is 12.4 Å². The fourth-order valence-electron chi connectivity index (χ4n) is 2.84. The summed E-state index contributed by atoms with van der Waals surface area (Å²) in [6.45, 7) is 0.0150.